The Morgan fingerprint density at radius 3 is 2.81 bits per heavy atom. The van der Waals surface area contributed by atoms with E-state index >= 15 is 0 Å². The molecule has 0 unspecified atom stereocenters. The van der Waals surface area contributed by atoms with Crippen LogP contribution in [0.15, 0.2) is 18.2 Å². The van der Waals surface area contributed by atoms with E-state index in [1.807, 2.05) is 6.07 Å². The molecule has 0 radical (unpaired) electrons. The summed E-state index contributed by atoms with van der Waals surface area (Å²) in [7, 11) is 0. The highest BCUT2D eigenvalue weighted by molar-refractivity contribution is 6.30. The summed E-state index contributed by atoms with van der Waals surface area (Å²) in [4.78, 5) is 0. The van der Waals surface area contributed by atoms with Crippen molar-refractivity contribution in [1.82, 2.24) is 5.48 Å². The van der Waals surface area contributed by atoms with Crippen molar-refractivity contribution in [2.75, 3.05) is 6.61 Å². The zero-order valence-corrected chi connectivity index (χ0v) is 9.83. The fraction of sp³-hybridized carbons (Fsp3) is 0.500. The first-order valence-corrected chi connectivity index (χ1v) is 5.95. The summed E-state index contributed by atoms with van der Waals surface area (Å²) in [5.74, 6) is 1.49. The largest absolute Gasteiger partial charge is 0.493 e. The maximum atomic E-state index is 8.63. The lowest BCUT2D eigenvalue weighted by Gasteiger charge is -2.25. The fourth-order valence-electron chi connectivity index (χ4n) is 1.77. The third kappa shape index (κ3) is 3.11. The third-order valence-corrected chi connectivity index (χ3v) is 3.14. The molecule has 2 rings (SSSR count). The molecule has 0 aromatic heterocycles. The van der Waals surface area contributed by atoms with Gasteiger partial charge in [-0.2, -0.15) is 0 Å². The molecule has 0 aliphatic heterocycles. The highest BCUT2D eigenvalue weighted by Gasteiger charge is 2.17. The van der Waals surface area contributed by atoms with Crippen molar-refractivity contribution in [2.24, 2.45) is 5.92 Å². The van der Waals surface area contributed by atoms with E-state index in [-0.39, 0.29) is 0 Å². The van der Waals surface area contributed by atoms with Crippen molar-refractivity contribution in [1.29, 1.82) is 0 Å². The maximum absolute atomic E-state index is 8.63. The minimum atomic E-state index is 0.375. The van der Waals surface area contributed by atoms with Crippen LogP contribution < -0.4 is 10.2 Å². The number of ether oxygens (including phenoxy) is 1. The SMILES string of the molecule is ONCc1cc(Cl)cc(OCC2CCC2)c1. The second kappa shape index (κ2) is 5.53. The molecule has 0 atom stereocenters. The van der Waals surface area contributed by atoms with Crippen LogP contribution in [0, 0.1) is 5.92 Å². The van der Waals surface area contributed by atoms with E-state index in [4.69, 9.17) is 21.5 Å². The normalized spacial score (nSPS) is 15.9. The van der Waals surface area contributed by atoms with Crippen molar-refractivity contribution in [2.45, 2.75) is 25.8 Å². The van der Waals surface area contributed by atoms with E-state index in [0.29, 0.717) is 17.5 Å². The van der Waals surface area contributed by atoms with Gasteiger partial charge in [-0.3, -0.25) is 0 Å². The summed E-state index contributed by atoms with van der Waals surface area (Å²) in [5.41, 5.74) is 3.03. The Labute approximate surface area is 100 Å². The topological polar surface area (TPSA) is 41.5 Å². The molecule has 4 heteroatoms. The first kappa shape index (κ1) is 11.7. The Morgan fingerprint density at radius 1 is 1.38 bits per heavy atom. The lowest BCUT2D eigenvalue weighted by atomic mass is 9.86. The molecule has 1 aromatic rings. The van der Waals surface area contributed by atoms with Gasteiger partial charge in [0.25, 0.3) is 0 Å². The molecule has 16 heavy (non-hydrogen) atoms. The number of hydrogen-bond acceptors (Lipinski definition) is 3. The van der Waals surface area contributed by atoms with Crippen molar-refractivity contribution in [3.63, 3.8) is 0 Å². The van der Waals surface area contributed by atoms with Gasteiger partial charge in [-0.15, -0.1) is 0 Å². The van der Waals surface area contributed by atoms with Crippen LogP contribution in [0.4, 0.5) is 0 Å². The first-order chi connectivity index (χ1) is 7.78. The van der Waals surface area contributed by atoms with Gasteiger partial charge in [-0.05, 0) is 42.5 Å². The summed E-state index contributed by atoms with van der Waals surface area (Å²) in [6.07, 6.45) is 3.86. The van der Waals surface area contributed by atoms with Gasteiger partial charge in [-0.1, -0.05) is 18.0 Å². The number of rotatable bonds is 5. The second-order valence-electron chi connectivity index (χ2n) is 4.24. The highest BCUT2D eigenvalue weighted by Crippen LogP contribution is 2.28. The molecule has 0 amide bonds. The van der Waals surface area contributed by atoms with Crippen LogP contribution in [0.1, 0.15) is 24.8 Å². The van der Waals surface area contributed by atoms with E-state index in [9.17, 15) is 0 Å². The summed E-state index contributed by atoms with van der Waals surface area (Å²) in [6.45, 7) is 1.15. The molecule has 0 heterocycles. The minimum Gasteiger partial charge on any atom is -0.493 e. The molecule has 88 valence electrons. The molecule has 0 spiro atoms. The number of hydroxylamine groups is 1. The number of halogens is 1. The van der Waals surface area contributed by atoms with E-state index in [2.05, 4.69) is 5.48 Å². The Balaban J connectivity index is 1.95. The molecular weight excluding hydrogens is 226 g/mol. The molecule has 2 N–H and O–H groups in total. The molecule has 0 bridgehead atoms. The van der Waals surface area contributed by atoms with Gasteiger partial charge in [-0.25, -0.2) is 5.48 Å². The van der Waals surface area contributed by atoms with Gasteiger partial charge in [0, 0.05) is 11.6 Å². The monoisotopic (exact) mass is 241 g/mol. The summed E-state index contributed by atoms with van der Waals surface area (Å²) in [5, 5.41) is 9.27. The molecule has 1 fully saturated rings. The van der Waals surface area contributed by atoms with Crippen LogP contribution in [-0.4, -0.2) is 11.8 Å². The van der Waals surface area contributed by atoms with E-state index in [0.717, 1.165) is 17.9 Å². The lowest BCUT2D eigenvalue weighted by Crippen LogP contribution is -2.19. The summed E-state index contributed by atoms with van der Waals surface area (Å²) >= 11 is 5.96. The second-order valence-corrected chi connectivity index (χ2v) is 4.67. The van der Waals surface area contributed by atoms with E-state index in [1.165, 1.54) is 19.3 Å². The van der Waals surface area contributed by atoms with Crippen molar-refractivity contribution in [3.8, 4) is 5.75 Å². The molecule has 0 saturated heterocycles. The molecule has 1 aromatic carbocycles. The van der Waals surface area contributed by atoms with Crippen LogP contribution in [0.5, 0.6) is 5.75 Å². The Hall–Kier alpha value is -0.770. The smallest absolute Gasteiger partial charge is 0.121 e. The quantitative estimate of drug-likeness (QED) is 0.779. The average molecular weight is 242 g/mol. The number of nitrogens with one attached hydrogen (secondary N) is 1. The molecular formula is C12H16ClNO2. The van der Waals surface area contributed by atoms with Crippen molar-refractivity contribution < 1.29 is 9.94 Å². The third-order valence-electron chi connectivity index (χ3n) is 2.92. The predicted molar refractivity (Wildman–Crippen MR) is 62.9 cm³/mol. The fourth-order valence-corrected chi connectivity index (χ4v) is 2.02. The maximum Gasteiger partial charge on any atom is 0.121 e. The van der Waals surface area contributed by atoms with Gasteiger partial charge in [0.05, 0.1) is 6.61 Å². The van der Waals surface area contributed by atoms with Crippen LogP contribution in [0.2, 0.25) is 5.02 Å². The van der Waals surface area contributed by atoms with Crippen molar-refractivity contribution >= 4 is 11.6 Å². The van der Waals surface area contributed by atoms with Gasteiger partial charge >= 0.3 is 0 Å². The van der Waals surface area contributed by atoms with Gasteiger partial charge in [0.15, 0.2) is 0 Å². The molecule has 1 aliphatic rings. The summed E-state index contributed by atoms with van der Waals surface area (Å²) < 4.78 is 5.68. The summed E-state index contributed by atoms with van der Waals surface area (Å²) in [6, 6.07) is 5.51. The van der Waals surface area contributed by atoms with Crippen LogP contribution >= 0.6 is 11.6 Å². The molecule has 1 aliphatic carbocycles. The standard InChI is InChI=1S/C12H16ClNO2/c13-11-4-10(7-14-15)5-12(6-11)16-8-9-2-1-3-9/h4-6,9,14-15H,1-3,7-8H2. The van der Waals surface area contributed by atoms with E-state index < -0.39 is 0 Å². The van der Waals surface area contributed by atoms with E-state index in [1.54, 1.807) is 12.1 Å². The van der Waals surface area contributed by atoms with Gasteiger partial charge in [0.1, 0.15) is 5.75 Å². The zero-order valence-electron chi connectivity index (χ0n) is 9.08. The Bertz CT molecular complexity index is 353. The minimum absolute atomic E-state index is 0.375. The predicted octanol–water partition coefficient (Wildman–Crippen LogP) is 3.00. The molecule has 1 saturated carbocycles. The van der Waals surface area contributed by atoms with Crippen LogP contribution in [0.25, 0.3) is 0 Å². The van der Waals surface area contributed by atoms with Crippen LogP contribution in [0.3, 0.4) is 0 Å². The molecule has 3 nitrogen and oxygen atoms in total. The van der Waals surface area contributed by atoms with Gasteiger partial charge < -0.3 is 9.94 Å². The Morgan fingerprint density at radius 2 is 2.19 bits per heavy atom. The zero-order chi connectivity index (χ0) is 11.4. The van der Waals surface area contributed by atoms with Crippen molar-refractivity contribution in [3.05, 3.63) is 28.8 Å². The highest BCUT2D eigenvalue weighted by atomic mass is 35.5. The average Bonchev–Trinajstić information content (AvgIpc) is 2.14. The number of benzene rings is 1. The first-order valence-electron chi connectivity index (χ1n) is 5.57. The van der Waals surface area contributed by atoms with Crippen LogP contribution in [-0.2, 0) is 6.54 Å². The number of hydrogen-bond donors (Lipinski definition) is 2. The lowest BCUT2D eigenvalue weighted by molar-refractivity contribution is 0.160. The van der Waals surface area contributed by atoms with Gasteiger partial charge in [0.2, 0.25) is 0 Å². The Kier molecular flexibility index (Phi) is 4.04.